The number of hydrogen-bond donors (Lipinski definition) is 1. The van der Waals surface area contributed by atoms with Crippen LogP contribution < -0.4 is 10.1 Å². The minimum atomic E-state index is -0.349. The lowest BCUT2D eigenvalue weighted by Crippen LogP contribution is -2.07. The maximum absolute atomic E-state index is 13.9. The summed E-state index contributed by atoms with van der Waals surface area (Å²) < 4.78 is 19.6. The summed E-state index contributed by atoms with van der Waals surface area (Å²) in [6.07, 6.45) is 0. The second-order valence-corrected chi connectivity index (χ2v) is 4.64. The van der Waals surface area contributed by atoms with Gasteiger partial charge in [0.15, 0.2) is 11.6 Å². The Morgan fingerprint density at radius 2 is 1.84 bits per heavy atom. The number of halogens is 2. The molecule has 0 heterocycles. The molecule has 0 aliphatic heterocycles. The Morgan fingerprint density at radius 3 is 2.58 bits per heavy atom. The molecule has 100 valence electrons. The van der Waals surface area contributed by atoms with Crippen molar-refractivity contribution >= 4 is 11.6 Å². The maximum atomic E-state index is 13.9. The first kappa shape index (κ1) is 13.8. The van der Waals surface area contributed by atoms with Crippen LogP contribution in [-0.4, -0.2) is 7.05 Å². The molecule has 0 atom stereocenters. The number of aryl methyl sites for hydroxylation is 1. The second-order valence-electron chi connectivity index (χ2n) is 4.24. The summed E-state index contributed by atoms with van der Waals surface area (Å²) in [6, 6.07) is 10.4. The zero-order valence-electron chi connectivity index (χ0n) is 10.8. The first-order chi connectivity index (χ1) is 9.13. The minimum Gasteiger partial charge on any atom is -0.454 e. The Hall–Kier alpha value is -1.58. The summed E-state index contributed by atoms with van der Waals surface area (Å²) in [6.45, 7) is 2.26. The van der Waals surface area contributed by atoms with Crippen LogP contribution in [0.25, 0.3) is 0 Å². The molecule has 0 spiro atoms. The molecule has 2 aromatic carbocycles. The number of rotatable bonds is 4. The van der Waals surface area contributed by atoms with E-state index < -0.39 is 0 Å². The van der Waals surface area contributed by atoms with Crippen molar-refractivity contribution in [1.82, 2.24) is 5.32 Å². The number of benzene rings is 2. The van der Waals surface area contributed by atoms with Gasteiger partial charge in [-0.1, -0.05) is 29.8 Å². The fourth-order valence-electron chi connectivity index (χ4n) is 1.80. The molecular weight excluding hydrogens is 265 g/mol. The highest BCUT2D eigenvalue weighted by molar-refractivity contribution is 6.31. The Kier molecular flexibility index (Phi) is 4.40. The van der Waals surface area contributed by atoms with Crippen molar-refractivity contribution in [1.29, 1.82) is 0 Å². The van der Waals surface area contributed by atoms with E-state index >= 15 is 0 Å². The average molecular weight is 280 g/mol. The quantitative estimate of drug-likeness (QED) is 0.901. The molecule has 0 aliphatic carbocycles. The molecule has 0 aromatic heterocycles. The molecule has 2 aromatic rings. The third-order valence-electron chi connectivity index (χ3n) is 2.81. The van der Waals surface area contributed by atoms with Gasteiger partial charge in [-0.15, -0.1) is 0 Å². The van der Waals surface area contributed by atoms with E-state index in [4.69, 9.17) is 16.3 Å². The third kappa shape index (κ3) is 3.06. The molecular formula is C15H15ClFNO. The van der Waals surface area contributed by atoms with Crippen LogP contribution in [0.4, 0.5) is 4.39 Å². The van der Waals surface area contributed by atoms with Crippen molar-refractivity contribution in [2.45, 2.75) is 13.5 Å². The summed E-state index contributed by atoms with van der Waals surface area (Å²) in [7, 11) is 1.82. The first-order valence-electron chi connectivity index (χ1n) is 5.98. The molecule has 2 nitrogen and oxygen atoms in total. The van der Waals surface area contributed by atoms with Gasteiger partial charge in [-0.2, -0.15) is 0 Å². The van der Waals surface area contributed by atoms with Crippen molar-refractivity contribution in [3.63, 3.8) is 0 Å². The van der Waals surface area contributed by atoms with Crippen LogP contribution >= 0.6 is 11.6 Å². The Balaban J connectivity index is 2.38. The average Bonchev–Trinajstić information content (AvgIpc) is 2.39. The zero-order valence-corrected chi connectivity index (χ0v) is 11.6. The lowest BCUT2D eigenvalue weighted by atomic mass is 10.2. The van der Waals surface area contributed by atoms with Gasteiger partial charge < -0.3 is 10.1 Å². The molecule has 0 aliphatic rings. The molecule has 19 heavy (non-hydrogen) atoms. The van der Waals surface area contributed by atoms with Crippen molar-refractivity contribution in [2.24, 2.45) is 0 Å². The van der Waals surface area contributed by atoms with Gasteiger partial charge in [0.25, 0.3) is 0 Å². The Bertz CT molecular complexity index is 586. The Labute approximate surface area is 117 Å². The highest BCUT2D eigenvalue weighted by Crippen LogP contribution is 2.32. The maximum Gasteiger partial charge on any atom is 0.168 e. The fourth-order valence-corrected chi connectivity index (χ4v) is 2.03. The number of hydrogen-bond acceptors (Lipinski definition) is 2. The molecule has 2 rings (SSSR count). The van der Waals surface area contributed by atoms with Crippen molar-refractivity contribution in [3.05, 3.63) is 58.4 Å². The first-order valence-corrected chi connectivity index (χ1v) is 6.36. The van der Waals surface area contributed by atoms with E-state index in [0.717, 1.165) is 5.56 Å². The van der Waals surface area contributed by atoms with Gasteiger partial charge in [0.05, 0.1) is 0 Å². The number of nitrogens with one attached hydrogen (secondary N) is 1. The molecule has 0 unspecified atom stereocenters. The van der Waals surface area contributed by atoms with E-state index in [-0.39, 0.29) is 11.6 Å². The van der Waals surface area contributed by atoms with Crippen LogP contribution in [0.2, 0.25) is 5.02 Å². The van der Waals surface area contributed by atoms with Gasteiger partial charge in [-0.25, -0.2) is 4.39 Å². The highest BCUT2D eigenvalue weighted by Gasteiger charge is 2.11. The predicted octanol–water partition coefficient (Wildman–Crippen LogP) is 4.30. The van der Waals surface area contributed by atoms with Gasteiger partial charge in [-0.3, -0.25) is 0 Å². The van der Waals surface area contributed by atoms with Crippen LogP contribution in [0.15, 0.2) is 36.4 Å². The topological polar surface area (TPSA) is 21.3 Å². The fraction of sp³-hybridized carbons (Fsp3) is 0.200. The number of ether oxygens (including phenoxy) is 1. The zero-order chi connectivity index (χ0) is 13.8. The molecule has 0 fully saturated rings. The SMILES string of the molecule is CNCc1c(Cl)cccc1Oc1cccc(C)c1F. The van der Waals surface area contributed by atoms with Gasteiger partial charge >= 0.3 is 0 Å². The molecule has 0 amide bonds. The monoisotopic (exact) mass is 279 g/mol. The lowest BCUT2D eigenvalue weighted by Gasteiger charge is -2.13. The van der Waals surface area contributed by atoms with Crippen LogP contribution in [0, 0.1) is 12.7 Å². The summed E-state index contributed by atoms with van der Waals surface area (Å²) in [5.41, 5.74) is 1.36. The summed E-state index contributed by atoms with van der Waals surface area (Å²) in [5, 5.41) is 3.62. The normalized spacial score (nSPS) is 10.5. The van der Waals surface area contributed by atoms with Gasteiger partial charge in [0, 0.05) is 17.1 Å². The van der Waals surface area contributed by atoms with Gasteiger partial charge in [0.1, 0.15) is 5.75 Å². The van der Waals surface area contributed by atoms with E-state index in [9.17, 15) is 4.39 Å². The highest BCUT2D eigenvalue weighted by atomic mass is 35.5. The largest absolute Gasteiger partial charge is 0.454 e. The summed E-state index contributed by atoms with van der Waals surface area (Å²) in [4.78, 5) is 0. The molecule has 0 radical (unpaired) electrons. The summed E-state index contributed by atoms with van der Waals surface area (Å²) >= 11 is 6.13. The van der Waals surface area contributed by atoms with E-state index in [1.165, 1.54) is 0 Å². The Morgan fingerprint density at radius 1 is 1.16 bits per heavy atom. The van der Waals surface area contributed by atoms with Gasteiger partial charge in [-0.05, 0) is 37.7 Å². The van der Waals surface area contributed by atoms with Crippen LogP contribution in [0.3, 0.4) is 0 Å². The lowest BCUT2D eigenvalue weighted by molar-refractivity contribution is 0.434. The minimum absolute atomic E-state index is 0.208. The van der Waals surface area contributed by atoms with Crippen LogP contribution in [-0.2, 0) is 6.54 Å². The smallest absolute Gasteiger partial charge is 0.168 e. The van der Waals surface area contributed by atoms with E-state index in [1.54, 1.807) is 43.3 Å². The summed E-state index contributed by atoms with van der Waals surface area (Å²) in [5.74, 6) is 0.420. The van der Waals surface area contributed by atoms with E-state index in [0.29, 0.717) is 22.9 Å². The van der Waals surface area contributed by atoms with Crippen molar-refractivity contribution in [2.75, 3.05) is 7.05 Å². The molecule has 0 saturated carbocycles. The second kappa shape index (κ2) is 6.04. The van der Waals surface area contributed by atoms with Crippen LogP contribution in [0.5, 0.6) is 11.5 Å². The third-order valence-corrected chi connectivity index (χ3v) is 3.16. The van der Waals surface area contributed by atoms with E-state index in [2.05, 4.69) is 5.32 Å². The van der Waals surface area contributed by atoms with E-state index in [1.807, 2.05) is 7.05 Å². The molecule has 1 N–H and O–H groups in total. The standard InChI is InChI=1S/C15H15ClFNO/c1-10-5-3-8-14(15(10)17)19-13-7-4-6-12(16)11(13)9-18-2/h3-8,18H,9H2,1-2H3. The van der Waals surface area contributed by atoms with Crippen molar-refractivity contribution < 1.29 is 9.13 Å². The predicted molar refractivity (Wildman–Crippen MR) is 75.4 cm³/mol. The van der Waals surface area contributed by atoms with Gasteiger partial charge in [0.2, 0.25) is 0 Å². The van der Waals surface area contributed by atoms with Crippen LogP contribution in [0.1, 0.15) is 11.1 Å². The molecule has 0 bridgehead atoms. The molecule has 4 heteroatoms. The molecule has 0 saturated heterocycles. The van der Waals surface area contributed by atoms with Crippen molar-refractivity contribution in [3.8, 4) is 11.5 Å².